The number of anilines is 1. The van der Waals surface area contributed by atoms with Crippen molar-refractivity contribution in [1.82, 2.24) is 0 Å². The molecule has 3 N–H and O–H groups in total. The summed E-state index contributed by atoms with van der Waals surface area (Å²) in [5.74, 6) is 0.742. The van der Waals surface area contributed by atoms with Crippen molar-refractivity contribution in [1.29, 1.82) is 0 Å². The van der Waals surface area contributed by atoms with Gasteiger partial charge in [-0.15, -0.1) is 0 Å². The summed E-state index contributed by atoms with van der Waals surface area (Å²) in [6, 6.07) is 7.55. The van der Waals surface area contributed by atoms with Gasteiger partial charge in [-0.1, -0.05) is 19.8 Å². The first kappa shape index (κ1) is 16.8. The summed E-state index contributed by atoms with van der Waals surface area (Å²) in [6.07, 6.45) is 5.13. The minimum absolute atomic E-state index is 0.0281. The predicted molar refractivity (Wildman–Crippen MR) is 90.0 cm³/mol. The molecule has 1 aliphatic carbocycles. The number of benzene rings is 1. The van der Waals surface area contributed by atoms with Crippen molar-refractivity contribution in [2.24, 2.45) is 11.7 Å². The third-order valence-electron chi connectivity index (χ3n) is 4.60. The number of carbonyl (C=O) groups is 1. The second kappa shape index (κ2) is 7.14. The first-order valence-corrected chi connectivity index (χ1v) is 8.29. The van der Waals surface area contributed by atoms with Crippen molar-refractivity contribution >= 4 is 11.6 Å². The van der Waals surface area contributed by atoms with E-state index in [1.807, 2.05) is 38.1 Å². The van der Waals surface area contributed by atoms with Crippen molar-refractivity contribution in [3.63, 3.8) is 0 Å². The van der Waals surface area contributed by atoms with Gasteiger partial charge in [-0.3, -0.25) is 4.79 Å². The monoisotopic (exact) mass is 304 g/mol. The van der Waals surface area contributed by atoms with Crippen LogP contribution in [0.15, 0.2) is 24.3 Å². The molecule has 2 rings (SSSR count). The topological polar surface area (TPSA) is 64.3 Å². The van der Waals surface area contributed by atoms with Gasteiger partial charge in [0, 0.05) is 11.2 Å². The number of ether oxygens (including phenoxy) is 1. The van der Waals surface area contributed by atoms with Crippen LogP contribution < -0.4 is 15.8 Å². The lowest BCUT2D eigenvalue weighted by atomic mass is 9.74. The molecule has 1 amide bonds. The molecule has 0 bridgehead atoms. The Morgan fingerprint density at radius 3 is 2.68 bits per heavy atom. The fraction of sp³-hybridized carbons (Fsp3) is 0.611. The van der Waals surface area contributed by atoms with Gasteiger partial charge in [0.05, 0.1) is 12.0 Å². The molecule has 0 saturated heterocycles. The summed E-state index contributed by atoms with van der Waals surface area (Å²) in [7, 11) is 0. The maximum absolute atomic E-state index is 12.5. The van der Waals surface area contributed by atoms with Gasteiger partial charge in [0.2, 0.25) is 5.91 Å². The third kappa shape index (κ3) is 4.23. The molecule has 0 aromatic heterocycles. The molecule has 3 unspecified atom stereocenters. The smallest absolute Gasteiger partial charge is 0.229 e. The molecule has 1 aliphatic rings. The number of amides is 1. The molecule has 1 aromatic rings. The summed E-state index contributed by atoms with van der Waals surface area (Å²) in [6.45, 7) is 6.12. The van der Waals surface area contributed by atoms with E-state index >= 15 is 0 Å². The molecule has 1 fully saturated rings. The SMILES string of the molecule is CCC(C)Oc1ccc(NC(=O)C2CCCCC2(C)N)cc1. The minimum atomic E-state index is -0.401. The molecule has 0 aliphatic heterocycles. The van der Waals surface area contributed by atoms with Crippen LogP contribution in [0.2, 0.25) is 0 Å². The number of carbonyl (C=O) groups excluding carboxylic acids is 1. The fourth-order valence-electron chi connectivity index (χ4n) is 2.95. The highest BCUT2D eigenvalue weighted by Crippen LogP contribution is 2.32. The van der Waals surface area contributed by atoms with Crippen LogP contribution in [0.3, 0.4) is 0 Å². The molecule has 0 heterocycles. The Hall–Kier alpha value is -1.55. The van der Waals surface area contributed by atoms with Crippen LogP contribution >= 0.6 is 0 Å². The summed E-state index contributed by atoms with van der Waals surface area (Å²) < 4.78 is 5.74. The lowest BCUT2D eigenvalue weighted by molar-refractivity contribution is -0.122. The molecular weight excluding hydrogens is 276 g/mol. The van der Waals surface area contributed by atoms with E-state index in [4.69, 9.17) is 10.5 Å². The summed E-state index contributed by atoms with van der Waals surface area (Å²) in [5.41, 5.74) is 6.68. The lowest BCUT2D eigenvalue weighted by Gasteiger charge is -2.37. The Balaban J connectivity index is 1.97. The zero-order valence-corrected chi connectivity index (χ0v) is 13.9. The average molecular weight is 304 g/mol. The van der Waals surface area contributed by atoms with Crippen LogP contribution in [0.25, 0.3) is 0 Å². The van der Waals surface area contributed by atoms with Gasteiger partial charge in [0.15, 0.2) is 0 Å². The van der Waals surface area contributed by atoms with E-state index in [0.717, 1.165) is 43.5 Å². The van der Waals surface area contributed by atoms with Crippen molar-refractivity contribution in [3.8, 4) is 5.75 Å². The Bertz CT molecular complexity index is 496. The quantitative estimate of drug-likeness (QED) is 0.871. The third-order valence-corrected chi connectivity index (χ3v) is 4.60. The number of nitrogens with two attached hydrogens (primary N) is 1. The Labute approximate surface area is 133 Å². The molecule has 1 saturated carbocycles. The maximum Gasteiger partial charge on any atom is 0.229 e. The highest BCUT2D eigenvalue weighted by molar-refractivity contribution is 5.93. The molecular formula is C18H28N2O2. The van der Waals surface area contributed by atoms with Gasteiger partial charge in [-0.05, 0) is 57.4 Å². The second-order valence-electron chi connectivity index (χ2n) is 6.65. The number of rotatable bonds is 5. The summed E-state index contributed by atoms with van der Waals surface area (Å²) in [4.78, 5) is 12.5. The molecule has 22 heavy (non-hydrogen) atoms. The molecule has 122 valence electrons. The lowest BCUT2D eigenvalue weighted by Crippen LogP contribution is -2.51. The Morgan fingerprint density at radius 1 is 1.41 bits per heavy atom. The molecule has 1 aromatic carbocycles. The van der Waals surface area contributed by atoms with Crippen LogP contribution in [0.4, 0.5) is 5.69 Å². The van der Waals surface area contributed by atoms with Crippen LogP contribution in [0.1, 0.15) is 52.9 Å². The van der Waals surface area contributed by atoms with Gasteiger partial charge in [-0.25, -0.2) is 0 Å². The molecule has 0 radical (unpaired) electrons. The van der Waals surface area contributed by atoms with Crippen LogP contribution in [0, 0.1) is 5.92 Å². The van der Waals surface area contributed by atoms with Gasteiger partial charge in [0.25, 0.3) is 0 Å². The molecule has 3 atom stereocenters. The highest BCUT2D eigenvalue weighted by Gasteiger charge is 2.37. The van der Waals surface area contributed by atoms with Crippen molar-refractivity contribution in [2.75, 3.05) is 5.32 Å². The van der Waals surface area contributed by atoms with E-state index in [0.29, 0.717) is 0 Å². The van der Waals surface area contributed by atoms with Gasteiger partial charge >= 0.3 is 0 Å². The average Bonchev–Trinajstić information content (AvgIpc) is 2.48. The van der Waals surface area contributed by atoms with E-state index in [2.05, 4.69) is 12.2 Å². The van der Waals surface area contributed by atoms with Crippen LogP contribution in [-0.4, -0.2) is 17.6 Å². The molecule has 4 nitrogen and oxygen atoms in total. The van der Waals surface area contributed by atoms with E-state index in [1.165, 1.54) is 0 Å². The number of hydrogen-bond acceptors (Lipinski definition) is 3. The summed E-state index contributed by atoms with van der Waals surface area (Å²) >= 11 is 0. The van der Waals surface area contributed by atoms with Crippen LogP contribution in [-0.2, 0) is 4.79 Å². The van der Waals surface area contributed by atoms with E-state index in [1.54, 1.807) is 0 Å². The van der Waals surface area contributed by atoms with Crippen molar-refractivity contribution in [3.05, 3.63) is 24.3 Å². The van der Waals surface area contributed by atoms with E-state index in [9.17, 15) is 4.79 Å². The Kier molecular flexibility index (Phi) is 5.46. The van der Waals surface area contributed by atoms with Crippen molar-refractivity contribution in [2.45, 2.75) is 64.5 Å². The zero-order chi connectivity index (χ0) is 16.2. The largest absolute Gasteiger partial charge is 0.491 e. The van der Waals surface area contributed by atoms with E-state index < -0.39 is 5.54 Å². The van der Waals surface area contributed by atoms with Gasteiger partial charge in [-0.2, -0.15) is 0 Å². The van der Waals surface area contributed by atoms with Gasteiger partial charge in [0.1, 0.15) is 5.75 Å². The van der Waals surface area contributed by atoms with E-state index in [-0.39, 0.29) is 17.9 Å². The minimum Gasteiger partial charge on any atom is -0.491 e. The first-order chi connectivity index (χ1) is 10.4. The Morgan fingerprint density at radius 2 is 2.09 bits per heavy atom. The maximum atomic E-state index is 12.5. The molecule has 4 heteroatoms. The predicted octanol–water partition coefficient (Wildman–Crippen LogP) is 3.71. The number of hydrogen-bond donors (Lipinski definition) is 2. The molecule has 0 spiro atoms. The first-order valence-electron chi connectivity index (χ1n) is 8.29. The summed E-state index contributed by atoms with van der Waals surface area (Å²) in [5, 5.41) is 2.99. The van der Waals surface area contributed by atoms with Crippen molar-refractivity contribution < 1.29 is 9.53 Å². The van der Waals surface area contributed by atoms with Crippen LogP contribution in [0.5, 0.6) is 5.75 Å². The second-order valence-corrected chi connectivity index (χ2v) is 6.65. The number of nitrogens with one attached hydrogen (secondary N) is 1. The van der Waals surface area contributed by atoms with Gasteiger partial charge < -0.3 is 15.8 Å². The highest BCUT2D eigenvalue weighted by atomic mass is 16.5. The fourth-order valence-corrected chi connectivity index (χ4v) is 2.95. The standard InChI is InChI=1S/C18H28N2O2/c1-4-13(2)22-15-10-8-14(9-11-15)20-17(21)16-7-5-6-12-18(16,3)19/h8-11,13,16H,4-7,12,19H2,1-3H3,(H,20,21). The zero-order valence-electron chi connectivity index (χ0n) is 13.9. The normalized spacial score (nSPS) is 26.3.